The lowest BCUT2D eigenvalue weighted by molar-refractivity contribution is -0.119. The van der Waals surface area contributed by atoms with Crippen LogP contribution >= 0.6 is 0 Å². The number of benzene rings is 1. The number of imidazole rings is 1. The van der Waals surface area contributed by atoms with Gasteiger partial charge in [-0.1, -0.05) is 37.5 Å². The monoisotopic (exact) mass is 283 g/mol. The Balaban J connectivity index is 1.82. The SMILES string of the molecule is O=C(Cn1ccnc1)N(c1ccccc1)C1CCCCC1. The lowest BCUT2D eigenvalue weighted by atomic mass is 9.93. The number of nitrogens with zero attached hydrogens (tertiary/aromatic N) is 3. The maximum absolute atomic E-state index is 12.8. The highest BCUT2D eigenvalue weighted by molar-refractivity contribution is 5.93. The van der Waals surface area contributed by atoms with Crippen LogP contribution < -0.4 is 4.90 Å². The average molecular weight is 283 g/mol. The summed E-state index contributed by atoms with van der Waals surface area (Å²) >= 11 is 0. The van der Waals surface area contributed by atoms with Crippen LogP contribution in [0.1, 0.15) is 32.1 Å². The first-order valence-corrected chi connectivity index (χ1v) is 7.67. The summed E-state index contributed by atoms with van der Waals surface area (Å²) in [5.74, 6) is 0.145. The first-order chi connectivity index (χ1) is 10.3. The van der Waals surface area contributed by atoms with E-state index in [4.69, 9.17) is 0 Å². The van der Waals surface area contributed by atoms with Crippen LogP contribution in [0, 0.1) is 0 Å². The summed E-state index contributed by atoms with van der Waals surface area (Å²) in [6.45, 7) is 0.353. The fraction of sp³-hybridized carbons (Fsp3) is 0.412. The van der Waals surface area contributed by atoms with E-state index >= 15 is 0 Å². The third-order valence-corrected chi connectivity index (χ3v) is 4.12. The molecule has 21 heavy (non-hydrogen) atoms. The number of aromatic nitrogens is 2. The Morgan fingerprint density at radius 3 is 2.62 bits per heavy atom. The van der Waals surface area contributed by atoms with Gasteiger partial charge < -0.3 is 9.47 Å². The minimum absolute atomic E-state index is 0.145. The van der Waals surface area contributed by atoms with Crippen molar-refractivity contribution in [1.82, 2.24) is 9.55 Å². The van der Waals surface area contributed by atoms with E-state index in [1.54, 1.807) is 12.5 Å². The maximum Gasteiger partial charge on any atom is 0.247 e. The molecular formula is C17H21N3O. The number of hydrogen-bond donors (Lipinski definition) is 0. The van der Waals surface area contributed by atoms with Crippen molar-refractivity contribution in [3.63, 3.8) is 0 Å². The molecule has 0 unspecified atom stereocenters. The van der Waals surface area contributed by atoms with Crippen LogP contribution in [-0.4, -0.2) is 21.5 Å². The molecule has 0 bridgehead atoms. The minimum Gasteiger partial charge on any atom is -0.328 e. The van der Waals surface area contributed by atoms with E-state index in [0.717, 1.165) is 18.5 Å². The van der Waals surface area contributed by atoms with E-state index in [9.17, 15) is 4.79 Å². The van der Waals surface area contributed by atoms with E-state index in [2.05, 4.69) is 4.98 Å². The predicted molar refractivity (Wildman–Crippen MR) is 83.0 cm³/mol. The number of hydrogen-bond acceptors (Lipinski definition) is 2. The molecule has 1 saturated carbocycles. The molecule has 1 aliphatic carbocycles. The molecule has 1 aromatic heterocycles. The van der Waals surface area contributed by atoms with Gasteiger partial charge in [0.1, 0.15) is 6.54 Å². The van der Waals surface area contributed by atoms with Crippen LogP contribution in [0.15, 0.2) is 49.1 Å². The van der Waals surface area contributed by atoms with Gasteiger partial charge in [0.25, 0.3) is 0 Å². The van der Waals surface area contributed by atoms with Gasteiger partial charge in [0.05, 0.1) is 6.33 Å². The third-order valence-electron chi connectivity index (χ3n) is 4.12. The highest BCUT2D eigenvalue weighted by Crippen LogP contribution is 2.27. The third kappa shape index (κ3) is 3.32. The van der Waals surface area contributed by atoms with Crippen molar-refractivity contribution >= 4 is 11.6 Å². The van der Waals surface area contributed by atoms with Crippen LogP contribution in [0.25, 0.3) is 0 Å². The molecular weight excluding hydrogens is 262 g/mol. The smallest absolute Gasteiger partial charge is 0.247 e. The molecule has 0 atom stereocenters. The van der Waals surface area contributed by atoms with Gasteiger partial charge in [-0.05, 0) is 25.0 Å². The Morgan fingerprint density at radius 2 is 1.95 bits per heavy atom. The zero-order valence-electron chi connectivity index (χ0n) is 12.2. The molecule has 2 aromatic rings. The summed E-state index contributed by atoms with van der Waals surface area (Å²) in [6.07, 6.45) is 11.2. The van der Waals surface area contributed by atoms with Gasteiger partial charge in [-0.3, -0.25) is 4.79 Å². The maximum atomic E-state index is 12.8. The molecule has 0 spiro atoms. The Kier molecular flexibility index (Phi) is 4.34. The molecule has 1 amide bonds. The molecule has 0 aliphatic heterocycles. The largest absolute Gasteiger partial charge is 0.328 e. The van der Waals surface area contributed by atoms with E-state index in [-0.39, 0.29) is 5.91 Å². The standard InChI is InChI=1S/C17H21N3O/c21-17(13-19-12-11-18-14-19)20(15-7-3-1-4-8-15)16-9-5-2-6-10-16/h1,3-4,7-8,11-12,14,16H,2,5-6,9-10,13H2. The number of carbonyl (C=O) groups excluding carboxylic acids is 1. The quantitative estimate of drug-likeness (QED) is 0.864. The van der Waals surface area contributed by atoms with E-state index in [0.29, 0.717) is 12.6 Å². The molecule has 0 saturated heterocycles. The predicted octanol–water partition coefficient (Wildman–Crippen LogP) is 3.25. The number of amides is 1. The second-order valence-corrected chi connectivity index (χ2v) is 5.63. The van der Waals surface area contributed by atoms with Gasteiger partial charge in [0, 0.05) is 24.1 Å². The average Bonchev–Trinajstić information content (AvgIpc) is 3.02. The number of carbonyl (C=O) groups is 1. The Labute approximate surface area is 125 Å². The first-order valence-electron chi connectivity index (χ1n) is 7.67. The molecule has 110 valence electrons. The van der Waals surface area contributed by atoms with Crippen LogP contribution in [-0.2, 0) is 11.3 Å². The van der Waals surface area contributed by atoms with E-state index in [1.807, 2.05) is 46.0 Å². The summed E-state index contributed by atoms with van der Waals surface area (Å²) in [4.78, 5) is 18.8. The summed E-state index contributed by atoms with van der Waals surface area (Å²) < 4.78 is 1.83. The lowest BCUT2D eigenvalue weighted by Crippen LogP contribution is -2.43. The summed E-state index contributed by atoms with van der Waals surface area (Å²) in [5.41, 5.74) is 1.01. The van der Waals surface area contributed by atoms with Gasteiger partial charge in [-0.15, -0.1) is 0 Å². The van der Waals surface area contributed by atoms with E-state index in [1.165, 1.54) is 19.3 Å². The normalized spacial score (nSPS) is 15.8. The van der Waals surface area contributed by atoms with Crippen LogP contribution in [0.5, 0.6) is 0 Å². The van der Waals surface area contributed by atoms with Gasteiger partial charge >= 0.3 is 0 Å². The zero-order chi connectivity index (χ0) is 14.5. The molecule has 1 aliphatic rings. The van der Waals surface area contributed by atoms with Crippen molar-refractivity contribution in [2.24, 2.45) is 0 Å². The Bertz CT molecular complexity index is 559. The first kappa shape index (κ1) is 13.9. The molecule has 4 nitrogen and oxygen atoms in total. The van der Waals surface area contributed by atoms with Crippen molar-refractivity contribution in [1.29, 1.82) is 0 Å². The molecule has 3 rings (SSSR count). The van der Waals surface area contributed by atoms with E-state index < -0.39 is 0 Å². The molecule has 0 N–H and O–H groups in total. The molecule has 1 fully saturated rings. The second kappa shape index (κ2) is 6.57. The van der Waals surface area contributed by atoms with Gasteiger partial charge in [0.2, 0.25) is 5.91 Å². The van der Waals surface area contributed by atoms with Crippen LogP contribution in [0.2, 0.25) is 0 Å². The highest BCUT2D eigenvalue weighted by atomic mass is 16.2. The summed E-state index contributed by atoms with van der Waals surface area (Å²) in [5, 5.41) is 0. The molecule has 0 radical (unpaired) electrons. The number of anilines is 1. The fourth-order valence-electron chi connectivity index (χ4n) is 3.10. The molecule has 1 heterocycles. The zero-order valence-corrected chi connectivity index (χ0v) is 12.2. The highest BCUT2D eigenvalue weighted by Gasteiger charge is 2.26. The lowest BCUT2D eigenvalue weighted by Gasteiger charge is -2.34. The van der Waals surface area contributed by atoms with Crippen LogP contribution in [0.3, 0.4) is 0 Å². The minimum atomic E-state index is 0.145. The Morgan fingerprint density at radius 1 is 1.19 bits per heavy atom. The topological polar surface area (TPSA) is 38.1 Å². The van der Waals surface area contributed by atoms with Gasteiger partial charge in [0.15, 0.2) is 0 Å². The van der Waals surface area contributed by atoms with Crippen molar-refractivity contribution in [2.45, 2.75) is 44.7 Å². The van der Waals surface area contributed by atoms with Crippen molar-refractivity contribution in [3.05, 3.63) is 49.1 Å². The van der Waals surface area contributed by atoms with Crippen molar-refractivity contribution < 1.29 is 4.79 Å². The summed E-state index contributed by atoms with van der Waals surface area (Å²) in [7, 11) is 0. The Hall–Kier alpha value is -2.10. The molecule has 4 heteroatoms. The fourth-order valence-corrected chi connectivity index (χ4v) is 3.10. The van der Waals surface area contributed by atoms with Crippen molar-refractivity contribution in [2.75, 3.05) is 4.90 Å². The number of rotatable bonds is 4. The van der Waals surface area contributed by atoms with Gasteiger partial charge in [-0.25, -0.2) is 4.98 Å². The summed E-state index contributed by atoms with van der Waals surface area (Å²) in [6, 6.07) is 10.4. The second-order valence-electron chi connectivity index (χ2n) is 5.63. The van der Waals surface area contributed by atoms with Crippen LogP contribution in [0.4, 0.5) is 5.69 Å². The number of para-hydroxylation sites is 1. The van der Waals surface area contributed by atoms with Crippen molar-refractivity contribution in [3.8, 4) is 0 Å². The molecule has 1 aromatic carbocycles. The van der Waals surface area contributed by atoms with Gasteiger partial charge in [-0.2, -0.15) is 0 Å².